The largest absolute Gasteiger partial charge is 0.383 e. The highest BCUT2D eigenvalue weighted by Gasteiger charge is 2.29. The van der Waals surface area contributed by atoms with Crippen LogP contribution in [0.5, 0.6) is 0 Å². The van der Waals surface area contributed by atoms with Crippen molar-refractivity contribution in [2.45, 2.75) is 18.9 Å². The van der Waals surface area contributed by atoms with Crippen molar-refractivity contribution < 1.29 is 9.13 Å². The molecule has 7 nitrogen and oxygen atoms in total. The second-order valence-corrected chi connectivity index (χ2v) is 7.19. The summed E-state index contributed by atoms with van der Waals surface area (Å²) in [5, 5.41) is 5.25. The van der Waals surface area contributed by atoms with Crippen LogP contribution in [0.3, 0.4) is 0 Å². The fourth-order valence-electron chi connectivity index (χ4n) is 3.86. The van der Waals surface area contributed by atoms with E-state index in [9.17, 15) is 4.39 Å². The van der Waals surface area contributed by atoms with Gasteiger partial charge in [-0.15, -0.1) is 0 Å². The molecule has 1 aromatic carbocycles. The van der Waals surface area contributed by atoms with Crippen LogP contribution in [0.2, 0.25) is 0 Å². The van der Waals surface area contributed by atoms with E-state index in [1.165, 1.54) is 6.07 Å². The first kappa shape index (κ1) is 18.8. The average Bonchev–Trinajstić information content (AvgIpc) is 3.33. The standard InChI is InChI=1S/C20H25FN6O/c1-25(10-11-28-2)13-15-6-5-9-26(15)19-16-12-24-27(20(16)23-14-22-19)18-8-4-3-7-17(18)21/h3-4,7-8,12,14-15H,5-6,9-11,13H2,1-2H3. The van der Waals surface area contributed by atoms with Crippen LogP contribution in [0.4, 0.5) is 10.2 Å². The molecule has 0 spiro atoms. The number of aromatic nitrogens is 4. The number of likely N-dealkylation sites (N-methyl/N-ethyl adjacent to an activating group) is 1. The van der Waals surface area contributed by atoms with Gasteiger partial charge in [-0.3, -0.25) is 0 Å². The Balaban J connectivity index is 1.65. The van der Waals surface area contributed by atoms with Gasteiger partial charge in [0.15, 0.2) is 5.65 Å². The Morgan fingerprint density at radius 1 is 1.29 bits per heavy atom. The van der Waals surface area contributed by atoms with Gasteiger partial charge in [0.1, 0.15) is 23.6 Å². The van der Waals surface area contributed by atoms with E-state index in [1.807, 2.05) is 0 Å². The van der Waals surface area contributed by atoms with Gasteiger partial charge in [0.2, 0.25) is 0 Å². The number of rotatable bonds is 7. The van der Waals surface area contributed by atoms with Gasteiger partial charge in [-0.25, -0.2) is 19.0 Å². The minimum atomic E-state index is -0.327. The molecule has 0 amide bonds. The molecule has 0 saturated carbocycles. The number of para-hydroxylation sites is 1. The third kappa shape index (κ3) is 3.57. The second kappa shape index (κ2) is 8.20. The molecule has 1 aliphatic heterocycles. The minimum Gasteiger partial charge on any atom is -0.383 e. The molecule has 28 heavy (non-hydrogen) atoms. The van der Waals surface area contributed by atoms with Crippen LogP contribution in [-0.4, -0.2) is 71.1 Å². The lowest BCUT2D eigenvalue weighted by atomic mass is 10.2. The molecule has 4 rings (SSSR count). The maximum absolute atomic E-state index is 14.3. The molecule has 2 aromatic heterocycles. The summed E-state index contributed by atoms with van der Waals surface area (Å²) in [6.45, 7) is 3.50. The SMILES string of the molecule is COCCN(C)CC1CCCN1c1ncnc2c1cnn2-c1ccccc1F. The van der Waals surface area contributed by atoms with Crippen LogP contribution in [0.25, 0.3) is 16.7 Å². The number of anilines is 1. The molecule has 148 valence electrons. The minimum absolute atomic E-state index is 0.327. The highest BCUT2D eigenvalue weighted by molar-refractivity contribution is 5.88. The van der Waals surface area contributed by atoms with Crippen LogP contribution in [0, 0.1) is 5.82 Å². The highest BCUT2D eigenvalue weighted by atomic mass is 19.1. The van der Waals surface area contributed by atoms with Crippen LogP contribution in [-0.2, 0) is 4.74 Å². The molecule has 3 heterocycles. The molecule has 1 unspecified atom stereocenters. The number of hydrogen-bond donors (Lipinski definition) is 0. The highest BCUT2D eigenvalue weighted by Crippen LogP contribution is 2.30. The Morgan fingerprint density at radius 3 is 2.96 bits per heavy atom. The summed E-state index contributed by atoms with van der Waals surface area (Å²) in [7, 11) is 3.84. The first-order valence-electron chi connectivity index (χ1n) is 9.57. The maximum Gasteiger partial charge on any atom is 0.168 e. The van der Waals surface area contributed by atoms with Gasteiger partial charge >= 0.3 is 0 Å². The van der Waals surface area contributed by atoms with Crippen LogP contribution in [0.1, 0.15) is 12.8 Å². The van der Waals surface area contributed by atoms with Crippen molar-refractivity contribution in [3.05, 3.63) is 42.6 Å². The molecular formula is C20H25FN6O. The Labute approximate surface area is 163 Å². The van der Waals surface area contributed by atoms with Gasteiger partial charge in [0.05, 0.1) is 18.2 Å². The molecule has 1 aliphatic rings. The monoisotopic (exact) mass is 384 g/mol. The molecule has 0 radical (unpaired) electrons. The number of nitrogens with zero attached hydrogens (tertiary/aromatic N) is 6. The topological polar surface area (TPSA) is 59.3 Å². The van der Waals surface area contributed by atoms with E-state index >= 15 is 0 Å². The van der Waals surface area contributed by atoms with Gasteiger partial charge in [0.25, 0.3) is 0 Å². The number of benzene rings is 1. The molecule has 8 heteroatoms. The Morgan fingerprint density at radius 2 is 2.14 bits per heavy atom. The Hall–Kier alpha value is -2.58. The third-order valence-electron chi connectivity index (χ3n) is 5.27. The molecule has 0 bridgehead atoms. The second-order valence-electron chi connectivity index (χ2n) is 7.19. The average molecular weight is 384 g/mol. The van der Waals surface area contributed by atoms with Crippen LogP contribution in [0.15, 0.2) is 36.8 Å². The summed E-state index contributed by atoms with van der Waals surface area (Å²) in [5.74, 6) is 0.543. The molecule has 1 atom stereocenters. The summed E-state index contributed by atoms with van der Waals surface area (Å²) in [6.07, 6.45) is 5.52. The summed E-state index contributed by atoms with van der Waals surface area (Å²) < 4.78 is 21.0. The van der Waals surface area contributed by atoms with Gasteiger partial charge in [-0.05, 0) is 32.0 Å². The lowest BCUT2D eigenvalue weighted by molar-refractivity contribution is 0.158. The summed E-state index contributed by atoms with van der Waals surface area (Å²) >= 11 is 0. The van der Waals surface area contributed by atoms with Gasteiger partial charge < -0.3 is 14.5 Å². The van der Waals surface area contributed by atoms with Crippen molar-refractivity contribution in [3.63, 3.8) is 0 Å². The normalized spacial score (nSPS) is 17.1. The number of methoxy groups -OCH3 is 1. The van der Waals surface area contributed by atoms with Crippen molar-refractivity contribution in [2.75, 3.05) is 45.3 Å². The smallest absolute Gasteiger partial charge is 0.168 e. The molecule has 0 N–H and O–H groups in total. The lowest BCUT2D eigenvalue weighted by Gasteiger charge is -2.29. The predicted octanol–water partition coefficient (Wildman–Crippen LogP) is 2.50. The summed E-state index contributed by atoms with van der Waals surface area (Å²) in [5.41, 5.74) is 1.01. The third-order valence-corrected chi connectivity index (χ3v) is 5.27. The quantitative estimate of drug-likeness (QED) is 0.624. The van der Waals surface area contributed by atoms with Gasteiger partial charge in [-0.2, -0.15) is 5.10 Å². The number of fused-ring (bicyclic) bond motifs is 1. The van der Waals surface area contributed by atoms with Crippen molar-refractivity contribution in [3.8, 4) is 5.69 Å². The van der Waals surface area contributed by atoms with E-state index in [4.69, 9.17) is 4.74 Å². The van der Waals surface area contributed by atoms with Gasteiger partial charge in [-0.1, -0.05) is 12.1 Å². The lowest BCUT2D eigenvalue weighted by Crippen LogP contribution is -2.40. The van der Waals surface area contributed by atoms with E-state index in [1.54, 1.807) is 42.5 Å². The first-order valence-corrected chi connectivity index (χ1v) is 9.57. The zero-order valence-electron chi connectivity index (χ0n) is 16.3. The summed E-state index contributed by atoms with van der Waals surface area (Å²) in [4.78, 5) is 13.6. The van der Waals surface area contributed by atoms with E-state index in [0.29, 0.717) is 17.4 Å². The molecule has 1 fully saturated rings. The molecular weight excluding hydrogens is 359 g/mol. The van der Waals surface area contributed by atoms with Crippen molar-refractivity contribution in [1.82, 2.24) is 24.6 Å². The fourth-order valence-corrected chi connectivity index (χ4v) is 3.86. The summed E-state index contributed by atoms with van der Waals surface area (Å²) in [6, 6.07) is 6.96. The van der Waals surface area contributed by atoms with Crippen molar-refractivity contribution in [1.29, 1.82) is 0 Å². The van der Waals surface area contributed by atoms with Crippen LogP contribution >= 0.6 is 0 Å². The number of halogens is 1. The zero-order chi connectivity index (χ0) is 19.5. The fraction of sp³-hybridized carbons (Fsp3) is 0.450. The van der Waals surface area contributed by atoms with E-state index in [0.717, 1.165) is 50.3 Å². The predicted molar refractivity (Wildman–Crippen MR) is 106 cm³/mol. The van der Waals surface area contributed by atoms with Gasteiger partial charge in [0, 0.05) is 32.8 Å². The van der Waals surface area contributed by atoms with E-state index in [2.05, 4.69) is 31.9 Å². The number of ether oxygens (including phenoxy) is 1. The molecule has 1 saturated heterocycles. The first-order chi connectivity index (χ1) is 13.7. The van der Waals surface area contributed by atoms with E-state index in [-0.39, 0.29) is 5.82 Å². The molecule has 0 aliphatic carbocycles. The Bertz CT molecular complexity index is 945. The Kier molecular flexibility index (Phi) is 5.50. The zero-order valence-corrected chi connectivity index (χ0v) is 16.3. The van der Waals surface area contributed by atoms with Crippen LogP contribution < -0.4 is 4.90 Å². The molecule has 3 aromatic rings. The maximum atomic E-state index is 14.3. The van der Waals surface area contributed by atoms with Crippen molar-refractivity contribution >= 4 is 16.9 Å². The van der Waals surface area contributed by atoms with E-state index < -0.39 is 0 Å². The van der Waals surface area contributed by atoms with Crippen molar-refractivity contribution in [2.24, 2.45) is 0 Å². The number of hydrogen-bond acceptors (Lipinski definition) is 6.